The van der Waals surface area contributed by atoms with Gasteiger partial charge in [-0.1, -0.05) is 39.0 Å². The van der Waals surface area contributed by atoms with E-state index in [0.717, 1.165) is 5.56 Å². The van der Waals surface area contributed by atoms with E-state index in [2.05, 4.69) is 31.4 Å². The lowest BCUT2D eigenvalue weighted by Crippen LogP contribution is -2.35. The number of methoxy groups -OCH3 is 2. The van der Waals surface area contributed by atoms with Crippen molar-refractivity contribution in [1.29, 1.82) is 0 Å². The van der Waals surface area contributed by atoms with Gasteiger partial charge in [-0.3, -0.25) is 9.59 Å². The maximum Gasteiger partial charge on any atom is 0.251 e. The molecule has 0 heterocycles. The van der Waals surface area contributed by atoms with Crippen LogP contribution in [0.25, 0.3) is 0 Å². The first kappa shape index (κ1) is 22.3. The van der Waals surface area contributed by atoms with E-state index in [9.17, 15) is 9.59 Å². The standard InChI is InChI=1S/C23H30N2O4/c1-23(2,3)18-9-7-17(8-10-18)22(27)25-13-12-24-21(26)15-16-6-11-19(28-4)20(14-16)29-5/h6-11,14H,12-13,15H2,1-5H3,(H,24,26)(H,25,27). The summed E-state index contributed by atoms with van der Waals surface area (Å²) in [5.41, 5.74) is 2.65. The molecule has 0 saturated heterocycles. The number of hydrogen-bond acceptors (Lipinski definition) is 4. The maximum absolute atomic E-state index is 12.2. The van der Waals surface area contributed by atoms with Crippen LogP contribution in [0.15, 0.2) is 42.5 Å². The Balaban J connectivity index is 1.77. The molecule has 2 rings (SSSR count). The van der Waals surface area contributed by atoms with Gasteiger partial charge in [0.2, 0.25) is 5.91 Å². The number of nitrogens with one attached hydrogen (secondary N) is 2. The van der Waals surface area contributed by atoms with Crippen molar-refractivity contribution in [3.8, 4) is 11.5 Å². The summed E-state index contributed by atoms with van der Waals surface area (Å²) in [5, 5.41) is 5.63. The van der Waals surface area contributed by atoms with Crippen LogP contribution in [0.4, 0.5) is 0 Å². The number of carbonyl (C=O) groups excluding carboxylic acids is 2. The Morgan fingerprint density at radius 2 is 1.48 bits per heavy atom. The molecule has 0 radical (unpaired) electrons. The molecule has 0 aliphatic carbocycles. The molecule has 2 aromatic rings. The predicted octanol–water partition coefficient (Wildman–Crippen LogP) is 3.09. The second kappa shape index (κ2) is 9.96. The molecule has 0 atom stereocenters. The molecule has 6 heteroatoms. The van der Waals surface area contributed by atoms with Crippen LogP contribution in [-0.4, -0.2) is 39.1 Å². The Hall–Kier alpha value is -3.02. The quantitative estimate of drug-likeness (QED) is 0.670. The minimum absolute atomic E-state index is 0.0488. The fourth-order valence-electron chi connectivity index (χ4n) is 2.84. The van der Waals surface area contributed by atoms with Crippen molar-refractivity contribution in [2.24, 2.45) is 0 Å². The zero-order chi connectivity index (χ0) is 21.4. The third-order valence-corrected chi connectivity index (χ3v) is 4.56. The molecule has 0 bridgehead atoms. The fourth-order valence-corrected chi connectivity index (χ4v) is 2.84. The van der Waals surface area contributed by atoms with E-state index >= 15 is 0 Å². The first-order valence-corrected chi connectivity index (χ1v) is 9.61. The lowest BCUT2D eigenvalue weighted by molar-refractivity contribution is -0.120. The molecule has 0 saturated carbocycles. The van der Waals surface area contributed by atoms with Crippen molar-refractivity contribution >= 4 is 11.8 Å². The van der Waals surface area contributed by atoms with Crippen LogP contribution in [0.1, 0.15) is 42.3 Å². The highest BCUT2D eigenvalue weighted by molar-refractivity contribution is 5.94. The van der Waals surface area contributed by atoms with E-state index in [-0.39, 0.29) is 23.7 Å². The van der Waals surface area contributed by atoms with Crippen LogP contribution >= 0.6 is 0 Å². The minimum Gasteiger partial charge on any atom is -0.493 e. The lowest BCUT2D eigenvalue weighted by atomic mass is 9.87. The van der Waals surface area contributed by atoms with Gasteiger partial charge in [0.1, 0.15) is 0 Å². The molecular formula is C23H30N2O4. The molecule has 6 nitrogen and oxygen atoms in total. The Morgan fingerprint density at radius 1 is 0.862 bits per heavy atom. The van der Waals surface area contributed by atoms with Crippen molar-refractivity contribution < 1.29 is 19.1 Å². The summed E-state index contributed by atoms with van der Waals surface area (Å²) in [6, 6.07) is 13.0. The molecule has 156 valence electrons. The van der Waals surface area contributed by atoms with E-state index in [1.807, 2.05) is 30.3 Å². The number of ether oxygens (including phenoxy) is 2. The highest BCUT2D eigenvalue weighted by Crippen LogP contribution is 2.27. The van der Waals surface area contributed by atoms with Crippen molar-refractivity contribution in [1.82, 2.24) is 10.6 Å². The van der Waals surface area contributed by atoms with Gasteiger partial charge in [0.15, 0.2) is 11.5 Å². The van der Waals surface area contributed by atoms with Crippen LogP contribution < -0.4 is 20.1 Å². The maximum atomic E-state index is 12.2. The summed E-state index contributed by atoms with van der Waals surface area (Å²) in [5.74, 6) is 0.929. The molecule has 29 heavy (non-hydrogen) atoms. The van der Waals surface area contributed by atoms with Crippen molar-refractivity contribution in [3.05, 3.63) is 59.2 Å². The SMILES string of the molecule is COc1ccc(CC(=O)NCCNC(=O)c2ccc(C(C)(C)C)cc2)cc1OC. The van der Waals surface area contributed by atoms with Crippen LogP contribution in [-0.2, 0) is 16.6 Å². The van der Waals surface area contributed by atoms with Crippen molar-refractivity contribution in [2.45, 2.75) is 32.6 Å². The van der Waals surface area contributed by atoms with Gasteiger partial charge >= 0.3 is 0 Å². The summed E-state index contributed by atoms with van der Waals surface area (Å²) < 4.78 is 10.4. The Bertz CT molecular complexity index is 839. The third kappa shape index (κ3) is 6.52. The number of rotatable bonds is 8. The van der Waals surface area contributed by atoms with E-state index in [1.54, 1.807) is 26.4 Å². The Kier molecular flexibility index (Phi) is 7.65. The summed E-state index contributed by atoms with van der Waals surface area (Å²) in [7, 11) is 3.12. The van der Waals surface area contributed by atoms with Crippen molar-refractivity contribution in [2.75, 3.05) is 27.3 Å². The zero-order valence-electron chi connectivity index (χ0n) is 17.8. The van der Waals surface area contributed by atoms with Gasteiger partial charge in [-0.15, -0.1) is 0 Å². The second-order valence-electron chi connectivity index (χ2n) is 7.80. The minimum atomic E-state index is -0.153. The van der Waals surface area contributed by atoms with E-state index in [4.69, 9.17) is 9.47 Å². The fraction of sp³-hybridized carbons (Fsp3) is 0.391. The summed E-state index contributed by atoms with van der Waals surface area (Å²) in [4.78, 5) is 24.3. The summed E-state index contributed by atoms with van der Waals surface area (Å²) in [6.45, 7) is 7.11. The average molecular weight is 399 g/mol. The smallest absolute Gasteiger partial charge is 0.251 e. The van der Waals surface area contributed by atoms with E-state index in [0.29, 0.717) is 30.2 Å². The molecular weight excluding hydrogens is 368 g/mol. The highest BCUT2D eigenvalue weighted by Gasteiger charge is 2.14. The molecule has 2 N–H and O–H groups in total. The Labute approximate surface area is 172 Å². The van der Waals surface area contributed by atoms with Crippen molar-refractivity contribution in [3.63, 3.8) is 0 Å². The van der Waals surface area contributed by atoms with Crippen LogP contribution in [0, 0.1) is 0 Å². The van der Waals surface area contributed by atoms with Gasteiger partial charge in [-0.25, -0.2) is 0 Å². The molecule has 0 aromatic heterocycles. The molecule has 0 spiro atoms. The number of amides is 2. The largest absolute Gasteiger partial charge is 0.493 e. The lowest BCUT2D eigenvalue weighted by Gasteiger charge is -2.19. The van der Waals surface area contributed by atoms with Gasteiger partial charge < -0.3 is 20.1 Å². The molecule has 2 aromatic carbocycles. The number of benzene rings is 2. The normalized spacial score (nSPS) is 10.9. The molecule has 0 fully saturated rings. The zero-order valence-corrected chi connectivity index (χ0v) is 17.8. The van der Waals surface area contributed by atoms with Gasteiger partial charge in [0, 0.05) is 18.7 Å². The van der Waals surface area contributed by atoms with Crippen LogP contribution in [0.5, 0.6) is 11.5 Å². The molecule has 0 aliphatic rings. The predicted molar refractivity (Wildman–Crippen MR) is 114 cm³/mol. The first-order chi connectivity index (χ1) is 13.7. The highest BCUT2D eigenvalue weighted by atomic mass is 16.5. The van der Waals surface area contributed by atoms with E-state index < -0.39 is 0 Å². The van der Waals surface area contributed by atoms with Gasteiger partial charge in [-0.05, 0) is 40.8 Å². The summed E-state index contributed by atoms with van der Waals surface area (Å²) >= 11 is 0. The van der Waals surface area contributed by atoms with Gasteiger partial charge in [0.05, 0.1) is 20.6 Å². The number of hydrogen-bond donors (Lipinski definition) is 2. The average Bonchev–Trinajstić information content (AvgIpc) is 2.70. The van der Waals surface area contributed by atoms with Gasteiger partial charge in [-0.2, -0.15) is 0 Å². The molecule has 0 unspecified atom stereocenters. The number of carbonyl (C=O) groups is 2. The summed E-state index contributed by atoms with van der Waals surface area (Å²) in [6.07, 6.45) is 0.225. The van der Waals surface area contributed by atoms with Crippen LogP contribution in [0.3, 0.4) is 0 Å². The Morgan fingerprint density at radius 3 is 2.07 bits per heavy atom. The first-order valence-electron chi connectivity index (χ1n) is 9.61. The second-order valence-corrected chi connectivity index (χ2v) is 7.80. The van der Waals surface area contributed by atoms with Crippen LogP contribution in [0.2, 0.25) is 0 Å². The topological polar surface area (TPSA) is 76.7 Å². The third-order valence-electron chi connectivity index (χ3n) is 4.56. The molecule has 2 amide bonds. The monoisotopic (exact) mass is 398 g/mol. The molecule has 0 aliphatic heterocycles. The van der Waals surface area contributed by atoms with Gasteiger partial charge in [0.25, 0.3) is 5.91 Å². The van der Waals surface area contributed by atoms with E-state index in [1.165, 1.54) is 5.56 Å².